The first-order valence-corrected chi connectivity index (χ1v) is 1.91. The van der Waals surface area contributed by atoms with Gasteiger partial charge in [0.1, 0.15) is 0 Å². The fourth-order valence-corrected chi connectivity index (χ4v) is 0. The summed E-state index contributed by atoms with van der Waals surface area (Å²) in [6, 6.07) is 0. The van der Waals surface area contributed by atoms with E-state index >= 15 is 0 Å². The van der Waals surface area contributed by atoms with Gasteiger partial charge >= 0.3 is 16.5 Å². The second-order valence-corrected chi connectivity index (χ2v) is 0.500. The third-order valence-electron chi connectivity index (χ3n) is 0. The molecule has 0 spiro atoms. The topological polar surface area (TPSA) is 0 Å². The zero-order chi connectivity index (χ0) is 4.71. The Kier molecular flexibility index (Phi) is 325. The van der Waals surface area contributed by atoms with Gasteiger partial charge in [-0.1, -0.05) is 6.92 Å². The Morgan fingerprint density at radius 3 is 1.29 bits per heavy atom. The fourth-order valence-electron chi connectivity index (χ4n) is 0. The molecule has 0 amide bonds. The van der Waals surface area contributed by atoms with Crippen molar-refractivity contribution < 1.29 is 16.5 Å². The average molecular weight is 146 g/mol. The SMILES string of the molecule is [CH2-]C.[CH2-]CC.[CH3-].[Ni+3]. The maximum atomic E-state index is 3.49. The van der Waals surface area contributed by atoms with Gasteiger partial charge in [0.25, 0.3) is 0 Å². The second-order valence-electron chi connectivity index (χ2n) is 0.500. The van der Waals surface area contributed by atoms with Crippen LogP contribution in [0.15, 0.2) is 0 Å². The predicted octanol–water partition coefficient (Wildman–Crippen LogP) is 2.52. The third kappa shape index (κ3) is 538. The van der Waals surface area contributed by atoms with Crippen molar-refractivity contribution in [1.82, 2.24) is 0 Å². The molecule has 0 N–H and O–H groups in total. The molecule has 0 nitrogen and oxygen atoms in total. The summed E-state index contributed by atoms with van der Waals surface area (Å²) in [7, 11) is 0. The van der Waals surface area contributed by atoms with E-state index in [4.69, 9.17) is 0 Å². The second kappa shape index (κ2) is 87.9. The summed E-state index contributed by atoms with van der Waals surface area (Å²) in [5.41, 5.74) is 0. The van der Waals surface area contributed by atoms with Crippen molar-refractivity contribution in [2.45, 2.75) is 20.3 Å². The minimum Gasteiger partial charge on any atom is -0.358 e. The van der Waals surface area contributed by atoms with Crippen LogP contribution >= 0.6 is 0 Å². The standard InChI is InChI=1S/C3H7.C2H5.CH3.Ni/c1-3-2;1-2;;/h1,3H2,2H3;1H2,2H3;1H3;/q3*-1;+3. The maximum Gasteiger partial charge on any atom is 3.00 e. The Labute approximate surface area is 58.6 Å². The van der Waals surface area contributed by atoms with Crippen molar-refractivity contribution in [2.24, 2.45) is 0 Å². The first kappa shape index (κ1) is 25.9. The van der Waals surface area contributed by atoms with Crippen LogP contribution in [0, 0.1) is 21.3 Å². The van der Waals surface area contributed by atoms with E-state index in [1.165, 1.54) is 0 Å². The Balaban J connectivity index is -0.0000000105. The zero-order valence-electron chi connectivity index (χ0n) is 5.44. The van der Waals surface area contributed by atoms with Crippen molar-refractivity contribution in [3.05, 3.63) is 21.3 Å². The Morgan fingerprint density at radius 2 is 1.29 bits per heavy atom. The van der Waals surface area contributed by atoms with Crippen LogP contribution in [0.1, 0.15) is 20.3 Å². The van der Waals surface area contributed by atoms with Crippen LogP contribution in [-0.4, -0.2) is 0 Å². The number of rotatable bonds is 0. The Hall–Kier alpha value is 0.494. The Bertz CT molecular complexity index is 4.14. The largest absolute Gasteiger partial charge is 3.00 e. The normalized spacial score (nSPS) is 3.43. The molecule has 0 aromatic heterocycles. The molecule has 0 aromatic rings. The van der Waals surface area contributed by atoms with Crippen LogP contribution in [0.3, 0.4) is 0 Å². The summed E-state index contributed by atoms with van der Waals surface area (Å²) in [4.78, 5) is 0. The number of hydrogen-bond acceptors (Lipinski definition) is 0. The zero-order valence-corrected chi connectivity index (χ0v) is 6.43. The summed E-state index contributed by atoms with van der Waals surface area (Å²) < 4.78 is 0. The van der Waals surface area contributed by atoms with Crippen LogP contribution in [-0.2, 0) is 16.5 Å². The van der Waals surface area contributed by atoms with Gasteiger partial charge in [-0.2, -0.15) is 13.3 Å². The van der Waals surface area contributed by atoms with Crippen molar-refractivity contribution in [3.63, 3.8) is 0 Å². The van der Waals surface area contributed by atoms with Crippen molar-refractivity contribution >= 4 is 0 Å². The van der Waals surface area contributed by atoms with Gasteiger partial charge in [-0.15, -0.1) is 0 Å². The molecule has 7 heavy (non-hydrogen) atoms. The van der Waals surface area contributed by atoms with Gasteiger partial charge in [0.05, 0.1) is 0 Å². The average Bonchev–Trinajstić information content (AvgIpc) is 1.46. The van der Waals surface area contributed by atoms with E-state index in [0.717, 1.165) is 6.42 Å². The first-order valence-electron chi connectivity index (χ1n) is 1.91. The first-order chi connectivity index (χ1) is 2.41. The van der Waals surface area contributed by atoms with Crippen LogP contribution in [0.4, 0.5) is 0 Å². The molecule has 0 unspecified atom stereocenters. The molecule has 0 aliphatic rings. The van der Waals surface area contributed by atoms with E-state index in [1.54, 1.807) is 6.92 Å². The summed E-state index contributed by atoms with van der Waals surface area (Å²) in [5.74, 6) is 0. The van der Waals surface area contributed by atoms with E-state index in [0.29, 0.717) is 0 Å². The molecule has 0 heterocycles. The summed E-state index contributed by atoms with van der Waals surface area (Å²) in [6.07, 6.45) is 1.00. The van der Waals surface area contributed by atoms with Gasteiger partial charge in [0.15, 0.2) is 0 Å². The van der Waals surface area contributed by atoms with Gasteiger partial charge in [0, 0.05) is 0 Å². The van der Waals surface area contributed by atoms with E-state index < -0.39 is 0 Å². The smallest absolute Gasteiger partial charge is 0.358 e. The minimum atomic E-state index is 0. The summed E-state index contributed by atoms with van der Waals surface area (Å²) >= 11 is 0. The van der Waals surface area contributed by atoms with Gasteiger partial charge in [-0.25, -0.2) is 0 Å². The molecule has 1 radical (unpaired) electrons. The molecule has 0 atom stereocenters. The fraction of sp³-hybridized carbons (Fsp3) is 0.500. The maximum absolute atomic E-state index is 3.49. The van der Waals surface area contributed by atoms with Gasteiger partial charge in [0.2, 0.25) is 0 Å². The third-order valence-corrected chi connectivity index (χ3v) is 0. The van der Waals surface area contributed by atoms with Crippen LogP contribution in [0.5, 0.6) is 0 Å². The molecule has 49 valence electrons. The van der Waals surface area contributed by atoms with E-state index in [1.807, 2.05) is 6.92 Å². The molecule has 0 aliphatic carbocycles. The van der Waals surface area contributed by atoms with Crippen molar-refractivity contribution in [3.8, 4) is 0 Å². The molecule has 0 aromatic carbocycles. The van der Waals surface area contributed by atoms with Crippen molar-refractivity contribution in [1.29, 1.82) is 0 Å². The number of hydrogen-bond donors (Lipinski definition) is 0. The monoisotopic (exact) mass is 145 g/mol. The Morgan fingerprint density at radius 1 is 1.29 bits per heavy atom. The molecule has 0 fully saturated rings. The quantitative estimate of drug-likeness (QED) is 0.363. The van der Waals surface area contributed by atoms with Gasteiger partial charge in [-0.05, 0) is 0 Å². The van der Waals surface area contributed by atoms with Crippen molar-refractivity contribution in [2.75, 3.05) is 0 Å². The minimum absolute atomic E-state index is 0. The van der Waals surface area contributed by atoms with Gasteiger partial charge in [-0.3, -0.25) is 0 Å². The van der Waals surface area contributed by atoms with Gasteiger partial charge < -0.3 is 21.3 Å². The molecular formula is C6H15Ni. The van der Waals surface area contributed by atoms with E-state index in [-0.39, 0.29) is 23.9 Å². The van der Waals surface area contributed by atoms with Crippen LogP contribution in [0.2, 0.25) is 0 Å². The summed E-state index contributed by atoms with van der Waals surface area (Å²) in [5, 5.41) is 0. The van der Waals surface area contributed by atoms with E-state index in [2.05, 4.69) is 13.8 Å². The molecule has 0 aliphatic heterocycles. The van der Waals surface area contributed by atoms with E-state index in [9.17, 15) is 0 Å². The molecule has 0 bridgehead atoms. The molecule has 0 saturated carbocycles. The molecule has 0 saturated heterocycles. The molecule has 0 rings (SSSR count). The van der Waals surface area contributed by atoms with Crippen LogP contribution in [0.25, 0.3) is 0 Å². The predicted molar refractivity (Wildman–Crippen MR) is 33.1 cm³/mol. The summed E-state index contributed by atoms with van der Waals surface area (Å²) in [6.45, 7) is 10.5. The molecular weight excluding hydrogens is 131 g/mol. The van der Waals surface area contributed by atoms with Crippen LogP contribution < -0.4 is 0 Å². The molecule has 1 heteroatoms.